The van der Waals surface area contributed by atoms with E-state index in [1.807, 2.05) is 42.2 Å². The molecule has 0 aliphatic rings. The first-order valence-corrected chi connectivity index (χ1v) is 6.05. The Kier molecular flexibility index (Phi) is 4.30. The van der Waals surface area contributed by atoms with Gasteiger partial charge in [-0.05, 0) is 12.1 Å². The van der Waals surface area contributed by atoms with Gasteiger partial charge in [-0.25, -0.2) is 0 Å². The van der Waals surface area contributed by atoms with Crippen LogP contribution >= 0.6 is 0 Å². The average Bonchev–Trinajstić information content (AvgIpc) is 2.87. The Hall–Kier alpha value is -1.88. The number of aryl methyl sites for hydroxylation is 1. The molecule has 2 rings (SSSR count). The largest absolute Gasteiger partial charge is 0.423 e. The Labute approximate surface area is 106 Å². The fraction of sp³-hybridized carbons (Fsp3) is 0.385. The van der Waals surface area contributed by atoms with E-state index in [1.54, 1.807) is 0 Å². The number of rotatable bonds is 6. The predicted octanol–water partition coefficient (Wildman–Crippen LogP) is 1.63. The first kappa shape index (κ1) is 12.6. The lowest BCUT2D eigenvalue weighted by atomic mass is 10.3. The van der Waals surface area contributed by atoms with Crippen LogP contribution in [0, 0.1) is 0 Å². The molecule has 1 aromatic heterocycles. The van der Waals surface area contributed by atoms with E-state index in [0.717, 1.165) is 12.1 Å². The third kappa shape index (κ3) is 3.07. The van der Waals surface area contributed by atoms with Crippen LogP contribution in [0.3, 0.4) is 0 Å². The molecular weight excluding hydrogens is 230 g/mol. The predicted molar refractivity (Wildman–Crippen MR) is 68.3 cm³/mol. The molecule has 96 valence electrons. The van der Waals surface area contributed by atoms with Gasteiger partial charge in [0.25, 0.3) is 0 Å². The van der Waals surface area contributed by atoms with E-state index >= 15 is 0 Å². The van der Waals surface area contributed by atoms with Crippen LogP contribution < -0.4 is 4.90 Å². The third-order valence-corrected chi connectivity index (χ3v) is 2.63. The van der Waals surface area contributed by atoms with Crippen LogP contribution in [0.2, 0.25) is 0 Å². The number of hydrogen-bond acceptors (Lipinski definition) is 5. The Bertz CT molecular complexity index is 470. The fourth-order valence-electron chi connectivity index (χ4n) is 1.72. The summed E-state index contributed by atoms with van der Waals surface area (Å²) >= 11 is 0. The monoisotopic (exact) mass is 247 g/mol. The molecule has 0 fully saturated rings. The van der Waals surface area contributed by atoms with Gasteiger partial charge in [-0.15, -0.1) is 10.2 Å². The molecular formula is C13H17N3O2. The van der Waals surface area contributed by atoms with Crippen molar-refractivity contribution in [2.75, 3.05) is 18.1 Å². The van der Waals surface area contributed by atoms with E-state index in [1.165, 1.54) is 0 Å². The van der Waals surface area contributed by atoms with Crippen LogP contribution in [0.1, 0.15) is 18.7 Å². The minimum atomic E-state index is 0.0870. The lowest BCUT2D eigenvalue weighted by Gasteiger charge is -2.21. The van der Waals surface area contributed by atoms with Crippen LogP contribution in [-0.4, -0.2) is 28.5 Å². The molecule has 0 bridgehead atoms. The standard InChI is InChI=1S/C13H17N3O2/c1-2-12-14-15-13(18-12)10-16(8-9-17)11-6-4-3-5-7-11/h3-7,17H,2,8-10H2,1H3. The summed E-state index contributed by atoms with van der Waals surface area (Å²) in [5.41, 5.74) is 1.03. The number of para-hydroxylation sites is 1. The summed E-state index contributed by atoms with van der Waals surface area (Å²) in [4.78, 5) is 2.01. The summed E-state index contributed by atoms with van der Waals surface area (Å²) in [5.74, 6) is 1.21. The molecule has 18 heavy (non-hydrogen) atoms. The highest BCUT2D eigenvalue weighted by Gasteiger charge is 2.11. The first-order valence-electron chi connectivity index (χ1n) is 6.05. The molecule has 5 nitrogen and oxygen atoms in total. The van der Waals surface area contributed by atoms with Gasteiger partial charge in [0.15, 0.2) is 0 Å². The van der Waals surface area contributed by atoms with E-state index in [4.69, 9.17) is 9.52 Å². The molecule has 0 aliphatic heterocycles. The Morgan fingerprint density at radius 3 is 2.50 bits per heavy atom. The maximum absolute atomic E-state index is 9.12. The lowest BCUT2D eigenvalue weighted by Crippen LogP contribution is -2.26. The number of benzene rings is 1. The minimum Gasteiger partial charge on any atom is -0.423 e. The van der Waals surface area contributed by atoms with Gasteiger partial charge in [0.1, 0.15) is 0 Å². The molecule has 0 radical (unpaired) electrons. The Morgan fingerprint density at radius 1 is 1.17 bits per heavy atom. The molecule has 0 saturated carbocycles. The molecule has 5 heteroatoms. The second-order valence-electron chi connectivity index (χ2n) is 3.92. The molecule has 0 amide bonds. The molecule has 0 atom stereocenters. The van der Waals surface area contributed by atoms with Crippen molar-refractivity contribution < 1.29 is 9.52 Å². The maximum atomic E-state index is 9.12. The van der Waals surface area contributed by atoms with Crippen molar-refractivity contribution in [1.82, 2.24) is 10.2 Å². The van der Waals surface area contributed by atoms with E-state index in [0.29, 0.717) is 24.9 Å². The molecule has 0 aliphatic carbocycles. The molecule has 2 aromatic rings. The highest BCUT2D eigenvalue weighted by molar-refractivity contribution is 5.45. The molecule has 0 spiro atoms. The second-order valence-corrected chi connectivity index (χ2v) is 3.92. The minimum absolute atomic E-state index is 0.0870. The van der Waals surface area contributed by atoms with Gasteiger partial charge in [0, 0.05) is 18.7 Å². The zero-order chi connectivity index (χ0) is 12.8. The SMILES string of the molecule is CCc1nnc(CN(CCO)c2ccccc2)o1. The summed E-state index contributed by atoms with van der Waals surface area (Å²) in [6, 6.07) is 9.87. The Balaban J connectivity index is 2.11. The number of nitrogens with zero attached hydrogens (tertiary/aromatic N) is 3. The number of aromatic nitrogens is 2. The fourth-order valence-corrected chi connectivity index (χ4v) is 1.72. The molecule has 1 aromatic carbocycles. The van der Waals surface area contributed by atoms with E-state index < -0.39 is 0 Å². The van der Waals surface area contributed by atoms with Crippen LogP contribution in [0.5, 0.6) is 0 Å². The zero-order valence-corrected chi connectivity index (χ0v) is 10.4. The van der Waals surface area contributed by atoms with Crippen LogP contribution in [-0.2, 0) is 13.0 Å². The van der Waals surface area contributed by atoms with Crippen LogP contribution in [0.4, 0.5) is 5.69 Å². The number of hydrogen-bond donors (Lipinski definition) is 1. The quantitative estimate of drug-likeness (QED) is 0.840. The third-order valence-electron chi connectivity index (χ3n) is 2.63. The van der Waals surface area contributed by atoms with Gasteiger partial charge in [0.05, 0.1) is 13.2 Å². The molecule has 0 saturated heterocycles. The number of aliphatic hydroxyl groups is 1. The molecule has 0 unspecified atom stereocenters. The summed E-state index contributed by atoms with van der Waals surface area (Å²) in [6.45, 7) is 3.11. The number of anilines is 1. The zero-order valence-electron chi connectivity index (χ0n) is 10.4. The van der Waals surface area contributed by atoms with Crippen molar-refractivity contribution in [3.8, 4) is 0 Å². The summed E-state index contributed by atoms with van der Waals surface area (Å²) < 4.78 is 5.49. The molecule has 1 N–H and O–H groups in total. The van der Waals surface area contributed by atoms with E-state index in [9.17, 15) is 0 Å². The normalized spacial score (nSPS) is 10.6. The topological polar surface area (TPSA) is 62.4 Å². The van der Waals surface area contributed by atoms with Gasteiger partial charge in [-0.1, -0.05) is 25.1 Å². The second kappa shape index (κ2) is 6.16. The van der Waals surface area contributed by atoms with Gasteiger partial charge >= 0.3 is 0 Å². The lowest BCUT2D eigenvalue weighted by molar-refractivity contribution is 0.299. The number of aliphatic hydroxyl groups excluding tert-OH is 1. The van der Waals surface area contributed by atoms with Crippen molar-refractivity contribution in [2.24, 2.45) is 0 Å². The van der Waals surface area contributed by atoms with Crippen molar-refractivity contribution in [1.29, 1.82) is 0 Å². The smallest absolute Gasteiger partial charge is 0.235 e. The highest BCUT2D eigenvalue weighted by Crippen LogP contribution is 2.15. The first-order chi connectivity index (χ1) is 8.83. The summed E-state index contributed by atoms with van der Waals surface area (Å²) in [7, 11) is 0. The van der Waals surface area contributed by atoms with Crippen molar-refractivity contribution in [2.45, 2.75) is 19.9 Å². The van der Waals surface area contributed by atoms with Gasteiger partial charge in [0.2, 0.25) is 11.8 Å². The van der Waals surface area contributed by atoms with Crippen LogP contribution in [0.15, 0.2) is 34.7 Å². The van der Waals surface area contributed by atoms with Gasteiger partial charge in [-0.2, -0.15) is 0 Å². The van der Waals surface area contributed by atoms with Gasteiger partial charge < -0.3 is 14.4 Å². The van der Waals surface area contributed by atoms with E-state index in [-0.39, 0.29) is 6.61 Å². The highest BCUT2D eigenvalue weighted by atomic mass is 16.4. The van der Waals surface area contributed by atoms with Crippen molar-refractivity contribution in [3.63, 3.8) is 0 Å². The van der Waals surface area contributed by atoms with Crippen molar-refractivity contribution in [3.05, 3.63) is 42.1 Å². The Morgan fingerprint density at radius 2 is 1.89 bits per heavy atom. The average molecular weight is 247 g/mol. The summed E-state index contributed by atoms with van der Waals surface area (Å²) in [6.07, 6.45) is 0.734. The van der Waals surface area contributed by atoms with Gasteiger partial charge in [-0.3, -0.25) is 0 Å². The van der Waals surface area contributed by atoms with Crippen LogP contribution in [0.25, 0.3) is 0 Å². The summed E-state index contributed by atoms with van der Waals surface area (Å²) in [5, 5.41) is 17.0. The van der Waals surface area contributed by atoms with E-state index in [2.05, 4.69) is 10.2 Å². The van der Waals surface area contributed by atoms with Crippen molar-refractivity contribution >= 4 is 5.69 Å². The maximum Gasteiger partial charge on any atom is 0.235 e. The molecule has 1 heterocycles.